The molecule has 3 aliphatic rings. The first kappa shape index (κ1) is 15.1. The van der Waals surface area contributed by atoms with Gasteiger partial charge in [0.05, 0.1) is 12.0 Å². The number of piperidine rings is 1. The highest BCUT2D eigenvalue weighted by molar-refractivity contribution is 5.27. The van der Waals surface area contributed by atoms with Crippen LogP contribution in [0, 0.1) is 15.5 Å². The Labute approximate surface area is 138 Å². The van der Waals surface area contributed by atoms with Gasteiger partial charge >= 0.3 is 0 Å². The van der Waals surface area contributed by atoms with Gasteiger partial charge in [-0.05, 0) is 43.2 Å². The van der Waals surface area contributed by atoms with Gasteiger partial charge in [0, 0.05) is 11.5 Å². The van der Waals surface area contributed by atoms with Crippen molar-refractivity contribution in [2.45, 2.75) is 62.9 Å². The summed E-state index contributed by atoms with van der Waals surface area (Å²) in [5.41, 5.74) is 1.31. The number of rotatable bonds is 2. The maximum atomic E-state index is 12.1. The molecular formula is C19H26N2O2. The lowest BCUT2D eigenvalue weighted by Crippen LogP contribution is -2.60. The SMILES string of the molecule is O=[N+]([O-])C1C2CCCN2CC2(CCCCC2)C1c1ccccc1. The summed E-state index contributed by atoms with van der Waals surface area (Å²) in [6.45, 7) is 2.12. The van der Waals surface area contributed by atoms with Crippen molar-refractivity contribution in [3.8, 4) is 0 Å². The van der Waals surface area contributed by atoms with Gasteiger partial charge in [0.2, 0.25) is 6.04 Å². The first-order chi connectivity index (χ1) is 11.2. The molecule has 0 N–H and O–H groups in total. The average Bonchev–Trinajstić information content (AvgIpc) is 3.02. The highest BCUT2D eigenvalue weighted by Crippen LogP contribution is 2.55. The molecule has 3 fully saturated rings. The zero-order valence-corrected chi connectivity index (χ0v) is 13.7. The Morgan fingerprint density at radius 3 is 2.52 bits per heavy atom. The third-order valence-electron chi connectivity index (χ3n) is 6.58. The molecule has 3 unspecified atom stereocenters. The highest BCUT2D eigenvalue weighted by atomic mass is 16.6. The smallest absolute Gasteiger partial charge is 0.235 e. The van der Waals surface area contributed by atoms with Crippen molar-refractivity contribution in [3.63, 3.8) is 0 Å². The van der Waals surface area contributed by atoms with Gasteiger partial charge in [-0.1, -0.05) is 49.6 Å². The first-order valence-electron chi connectivity index (χ1n) is 9.14. The van der Waals surface area contributed by atoms with E-state index in [2.05, 4.69) is 17.0 Å². The number of benzene rings is 1. The van der Waals surface area contributed by atoms with E-state index in [4.69, 9.17) is 0 Å². The number of fused-ring (bicyclic) bond motifs is 1. The second-order valence-electron chi connectivity index (χ2n) is 7.77. The Hall–Kier alpha value is -1.42. The van der Waals surface area contributed by atoms with Crippen LogP contribution in [0.3, 0.4) is 0 Å². The second-order valence-corrected chi connectivity index (χ2v) is 7.77. The fourth-order valence-corrected chi connectivity index (χ4v) is 5.72. The molecule has 4 rings (SSSR count). The standard InChI is InChI=1S/C19H26N2O2/c22-21(23)18-16-10-7-13-20(16)14-19(11-5-2-6-12-19)17(18)15-8-3-1-4-9-15/h1,3-4,8-9,16-18H,2,5-7,10-14H2. The Kier molecular flexibility index (Phi) is 3.88. The van der Waals surface area contributed by atoms with Gasteiger partial charge in [0.15, 0.2) is 0 Å². The van der Waals surface area contributed by atoms with E-state index in [1.165, 1.54) is 24.8 Å². The molecule has 0 radical (unpaired) electrons. The maximum Gasteiger partial charge on any atom is 0.235 e. The summed E-state index contributed by atoms with van der Waals surface area (Å²) in [5, 5.41) is 12.1. The minimum Gasteiger partial charge on any atom is -0.293 e. The summed E-state index contributed by atoms with van der Waals surface area (Å²) >= 11 is 0. The third kappa shape index (κ3) is 2.47. The molecule has 1 aliphatic carbocycles. The number of nitro groups is 1. The predicted molar refractivity (Wildman–Crippen MR) is 90.1 cm³/mol. The first-order valence-corrected chi connectivity index (χ1v) is 9.14. The van der Waals surface area contributed by atoms with Crippen LogP contribution >= 0.6 is 0 Å². The average molecular weight is 314 g/mol. The molecule has 2 heterocycles. The third-order valence-corrected chi connectivity index (χ3v) is 6.58. The molecule has 4 nitrogen and oxygen atoms in total. The molecule has 1 spiro atoms. The molecular weight excluding hydrogens is 288 g/mol. The Balaban J connectivity index is 1.81. The van der Waals surface area contributed by atoms with Gasteiger partial charge in [-0.15, -0.1) is 0 Å². The molecule has 2 saturated heterocycles. The predicted octanol–water partition coefficient (Wildman–Crippen LogP) is 3.84. The summed E-state index contributed by atoms with van der Waals surface area (Å²) in [6.07, 6.45) is 8.16. The van der Waals surface area contributed by atoms with Crippen LogP contribution in [0.1, 0.15) is 56.4 Å². The van der Waals surface area contributed by atoms with E-state index in [1.54, 1.807) is 0 Å². The van der Waals surface area contributed by atoms with E-state index in [0.29, 0.717) is 0 Å². The molecule has 2 aliphatic heterocycles. The van der Waals surface area contributed by atoms with Gasteiger partial charge in [-0.2, -0.15) is 0 Å². The van der Waals surface area contributed by atoms with Crippen molar-refractivity contribution in [3.05, 3.63) is 46.0 Å². The van der Waals surface area contributed by atoms with Gasteiger partial charge in [0.1, 0.15) is 0 Å². The highest BCUT2D eigenvalue weighted by Gasteiger charge is 2.58. The van der Waals surface area contributed by atoms with Crippen molar-refractivity contribution in [2.75, 3.05) is 13.1 Å². The van der Waals surface area contributed by atoms with Crippen molar-refractivity contribution in [1.82, 2.24) is 4.90 Å². The quantitative estimate of drug-likeness (QED) is 0.615. The lowest BCUT2D eigenvalue weighted by molar-refractivity contribution is -0.542. The molecule has 0 aromatic heterocycles. The largest absolute Gasteiger partial charge is 0.293 e. The number of hydrogen-bond donors (Lipinski definition) is 0. The summed E-state index contributed by atoms with van der Waals surface area (Å²) < 4.78 is 0. The van der Waals surface area contributed by atoms with Gasteiger partial charge in [0.25, 0.3) is 0 Å². The minimum atomic E-state index is -0.438. The molecule has 4 heteroatoms. The summed E-state index contributed by atoms with van der Waals surface area (Å²) in [5.74, 6) is 0.0818. The molecule has 1 aromatic carbocycles. The second kappa shape index (κ2) is 5.90. The molecule has 0 amide bonds. The van der Waals surface area contributed by atoms with E-state index < -0.39 is 6.04 Å². The van der Waals surface area contributed by atoms with E-state index >= 15 is 0 Å². The molecule has 1 aromatic rings. The molecule has 3 atom stereocenters. The molecule has 0 bridgehead atoms. The monoisotopic (exact) mass is 314 g/mol. The lowest BCUT2D eigenvalue weighted by Gasteiger charge is -2.52. The van der Waals surface area contributed by atoms with Crippen LogP contribution in [-0.2, 0) is 0 Å². The van der Waals surface area contributed by atoms with Crippen LogP contribution in [0.5, 0.6) is 0 Å². The van der Waals surface area contributed by atoms with E-state index in [0.717, 1.165) is 38.8 Å². The fraction of sp³-hybridized carbons (Fsp3) is 0.684. The fourth-order valence-electron chi connectivity index (χ4n) is 5.72. The van der Waals surface area contributed by atoms with Crippen molar-refractivity contribution < 1.29 is 4.92 Å². The molecule has 1 saturated carbocycles. The van der Waals surface area contributed by atoms with Crippen LogP contribution < -0.4 is 0 Å². The molecule has 124 valence electrons. The van der Waals surface area contributed by atoms with Crippen molar-refractivity contribution in [2.24, 2.45) is 5.41 Å². The topological polar surface area (TPSA) is 46.4 Å². The van der Waals surface area contributed by atoms with Crippen LogP contribution in [0.2, 0.25) is 0 Å². The zero-order chi connectivity index (χ0) is 15.9. The Morgan fingerprint density at radius 1 is 1.09 bits per heavy atom. The summed E-state index contributed by atoms with van der Waals surface area (Å²) in [4.78, 5) is 14.6. The van der Waals surface area contributed by atoms with Crippen molar-refractivity contribution in [1.29, 1.82) is 0 Å². The number of nitrogens with zero attached hydrogens (tertiary/aromatic N) is 2. The van der Waals surface area contributed by atoms with Crippen LogP contribution in [0.4, 0.5) is 0 Å². The maximum absolute atomic E-state index is 12.1. The van der Waals surface area contributed by atoms with E-state index in [1.807, 2.05) is 18.2 Å². The van der Waals surface area contributed by atoms with Gasteiger partial charge in [-0.25, -0.2) is 0 Å². The van der Waals surface area contributed by atoms with Gasteiger partial charge in [-0.3, -0.25) is 15.0 Å². The summed E-state index contributed by atoms with van der Waals surface area (Å²) in [7, 11) is 0. The van der Waals surface area contributed by atoms with Crippen LogP contribution in [-0.4, -0.2) is 35.0 Å². The molecule has 23 heavy (non-hydrogen) atoms. The summed E-state index contributed by atoms with van der Waals surface area (Å²) in [6, 6.07) is 10.1. The minimum absolute atomic E-state index is 0.0518. The van der Waals surface area contributed by atoms with E-state index in [-0.39, 0.29) is 22.3 Å². The van der Waals surface area contributed by atoms with Crippen molar-refractivity contribution >= 4 is 0 Å². The lowest BCUT2D eigenvalue weighted by atomic mass is 9.58. The Morgan fingerprint density at radius 2 is 1.83 bits per heavy atom. The zero-order valence-electron chi connectivity index (χ0n) is 13.7. The van der Waals surface area contributed by atoms with Crippen LogP contribution in [0.25, 0.3) is 0 Å². The van der Waals surface area contributed by atoms with Crippen LogP contribution in [0.15, 0.2) is 30.3 Å². The van der Waals surface area contributed by atoms with Gasteiger partial charge < -0.3 is 0 Å². The van der Waals surface area contributed by atoms with E-state index in [9.17, 15) is 10.1 Å². The normalized spacial score (nSPS) is 33.5. The Bertz CT molecular complexity index is 568. The number of hydrogen-bond acceptors (Lipinski definition) is 3.